The van der Waals surface area contributed by atoms with Crippen LogP contribution in [0, 0.1) is 6.92 Å². The van der Waals surface area contributed by atoms with Crippen molar-refractivity contribution in [1.29, 1.82) is 0 Å². The van der Waals surface area contributed by atoms with Gasteiger partial charge < -0.3 is 5.73 Å². The fourth-order valence-electron chi connectivity index (χ4n) is 2.72. The Kier molecular flexibility index (Phi) is 4.72. The molecule has 1 aromatic rings. The Bertz CT molecular complexity index is 556. The number of nitrogens with zero attached hydrogens (tertiary/aromatic N) is 1. The van der Waals surface area contributed by atoms with Gasteiger partial charge in [-0.2, -0.15) is 4.31 Å². The lowest BCUT2D eigenvalue weighted by atomic mass is 10.00. The summed E-state index contributed by atoms with van der Waals surface area (Å²) in [6, 6.07) is 1.64. The summed E-state index contributed by atoms with van der Waals surface area (Å²) in [5.74, 6) is 0. The molecule has 108 valence electrons. The van der Waals surface area contributed by atoms with Gasteiger partial charge in [0, 0.05) is 23.5 Å². The minimum atomic E-state index is -3.45. The van der Waals surface area contributed by atoms with E-state index in [4.69, 9.17) is 5.73 Å². The van der Waals surface area contributed by atoms with Crippen LogP contribution in [0.2, 0.25) is 0 Å². The van der Waals surface area contributed by atoms with Crippen molar-refractivity contribution in [3.8, 4) is 0 Å². The summed E-state index contributed by atoms with van der Waals surface area (Å²) in [4.78, 5) is 1.23. The van der Waals surface area contributed by atoms with Crippen molar-refractivity contribution >= 4 is 37.3 Å². The van der Waals surface area contributed by atoms with E-state index in [0.717, 1.165) is 27.9 Å². The average Bonchev–Trinajstić information content (AvgIpc) is 2.68. The molecule has 0 spiro atoms. The number of thiophene rings is 1. The molecule has 1 aromatic heterocycles. The van der Waals surface area contributed by atoms with Gasteiger partial charge in [-0.15, -0.1) is 11.3 Å². The van der Waals surface area contributed by atoms with Crippen molar-refractivity contribution in [2.75, 3.05) is 6.54 Å². The molecule has 0 radical (unpaired) electrons. The van der Waals surface area contributed by atoms with E-state index < -0.39 is 10.0 Å². The van der Waals surface area contributed by atoms with Crippen LogP contribution in [0.1, 0.15) is 31.1 Å². The minimum Gasteiger partial charge on any atom is -0.329 e. The molecule has 0 aromatic carbocycles. The van der Waals surface area contributed by atoms with E-state index >= 15 is 0 Å². The van der Waals surface area contributed by atoms with E-state index in [0.29, 0.717) is 11.4 Å². The van der Waals surface area contributed by atoms with Gasteiger partial charge in [-0.1, -0.05) is 6.42 Å². The monoisotopic (exact) mass is 366 g/mol. The van der Waals surface area contributed by atoms with Crippen LogP contribution in [0.5, 0.6) is 0 Å². The number of hydrogen-bond acceptors (Lipinski definition) is 4. The van der Waals surface area contributed by atoms with E-state index in [2.05, 4.69) is 15.9 Å². The molecule has 0 bridgehead atoms. The van der Waals surface area contributed by atoms with Gasteiger partial charge in [0.25, 0.3) is 0 Å². The predicted molar refractivity (Wildman–Crippen MR) is 81.9 cm³/mol. The molecule has 1 fully saturated rings. The van der Waals surface area contributed by atoms with Crippen LogP contribution in [-0.2, 0) is 10.0 Å². The Balaban J connectivity index is 2.44. The summed E-state index contributed by atoms with van der Waals surface area (Å²) < 4.78 is 28.2. The average molecular weight is 367 g/mol. The van der Waals surface area contributed by atoms with Crippen molar-refractivity contribution in [2.45, 2.75) is 50.1 Å². The fourth-order valence-corrected chi connectivity index (χ4v) is 6.99. The molecule has 2 heterocycles. The molecule has 2 rings (SSSR count). The standard InChI is InChI=1S/C12H19BrN2O2S2/c1-8-4-3-5-10(7-14)15(8)19(16,17)11-6-12(13)18-9(11)2/h6,8,10H,3-5,7,14H2,1-2H3. The number of aryl methyl sites for hydroxylation is 1. The molecule has 2 unspecified atom stereocenters. The van der Waals surface area contributed by atoms with Crippen LogP contribution >= 0.6 is 27.3 Å². The Morgan fingerprint density at radius 2 is 2.21 bits per heavy atom. The van der Waals surface area contributed by atoms with Crippen molar-refractivity contribution in [1.82, 2.24) is 4.31 Å². The van der Waals surface area contributed by atoms with Gasteiger partial charge in [0.05, 0.1) is 8.68 Å². The van der Waals surface area contributed by atoms with Crippen LogP contribution in [0.3, 0.4) is 0 Å². The van der Waals surface area contributed by atoms with Crippen molar-refractivity contribution < 1.29 is 8.42 Å². The van der Waals surface area contributed by atoms with Gasteiger partial charge in [0.2, 0.25) is 10.0 Å². The topological polar surface area (TPSA) is 63.4 Å². The molecular formula is C12H19BrN2O2S2. The number of rotatable bonds is 3. The second kappa shape index (κ2) is 5.81. The highest BCUT2D eigenvalue weighted by molar-refractivity contribution is 9.11. The number of sulfonamides is 1. The van der Waals surface area contributed by atoms with Crippen molar-refractivity contribution in [2.24, 2.45) is 5.73 Å². The van der Waals surface area contributed by atoms with Crippen molar-refractivity contribution in [3.63, 3.8) is 0 Å². The number of halogens is 1. The Morgan fingerprint density at radius 1 is 1.53 bits per heavy atom. The lowest BCUT2D eigenvalue weighted by Gasteiger charge is -2.38. The highest BCUT2D eigenvalue weighted by Crippen LogP contribution is 2.35. The van der Waals surface area contributed by atoms with Gasteiger partial charge >= 0.3 is 0 Å². The number of nitrogens with two attached hydrogens (primary N) is 1. The Labute approximate surface area is 127 Å². The van der Waals surface area contributed by atoms with E-state index in [1.807, 2.05) is 13.8 Å². The molecule has 1 aliphatic heterocycles. The smallest absolute Gasteiger partial charge is 0.244 e. The zero-order valence-corrected chi connectivity index (χ0v) is 14.3. The molecule has 0 aliphatic carbocycles. The number of piperidine rings is 1. The van der Waals surface area contributed by atoms with Gasteiger partial charge in [-0.05, 0) is 48.7 Å². The van der Waals surface area contributed by atoms with Crippen LogP contribution in [0.4, 0.5) is 0 Å². The van der Waals surface area contributed by atoms with Gasteiger partial charge in [0.15, 0.2) is 0 Å². The highest BCUT2D eigenvalue weighted by Gasteiger charge is 2.38. The summed E-state index contributed by atoms with van der Waals surface area (Å²) in [6.07, 6.45) is 2.80. The third kappa shape index (κ3) is 2.90. The second-order valence-electron chi connectivity index (χ2n) is 4.98. The van der Waals surface area contributed by atoms with E-state index in [1.165, 1.54) is 11.3 Å². The van der Waals surface area contributed by atoms with Crippen molar-refractivity contribution in [3.05, 3.63) is 14.7 Å². The van der Waals surface area contributed by atoms with Crippen LogP contribution in [-0.4, -0.2) is 31.4 Å². The maximum atomic E-state index is 12.9. The van der Waals surface area contributed by atoms with Crippen LogP contribution < -0.4 is 5.73 Å². The normalized spacial score (nSPS) is 25.7. The predicted octanol–water partition coefficient (Wildman–Crippen LogP) is 2.71. The SMILES string of the molecule is Cc1sc(Br)cc1S(=O)(=O)N1C(C)CCCC1CN. The summed E-state index contributed by atoms with van der Waals surface area (Å²) >= 11 is 4.81. The third-order valence-electron chi connectivity index (χ3n) is 3.62. The Morgan fingerprint density at radius 3 is 2.74 bits per heavy atom. The summed E-state index contributed by atoms with van der Waals surface area (Å²) in [5.41, 5.74) is 5.76. The van der Waals surface area contributed by atoms with Gasteiger partial charge in [0.1, 0.15) is 0 Å². The largest absolute Gasteiger partial charge is 0.329 e. The molecule has 2 atom stereocenters. The van der Waals surface area contributed by atoms with E-state index in [-0.39, 0.29) is 12.1 Å². The lowest BCUT2D eigenvalue weighted by molar-refractivity contribution is 0.196. The molecule has 7 heteroatoms. The first-order valence-electron chi connectivity index (χ1n) is 6.37. The maximum Gasteiger partial charge on any atom is 0.244 e. The quantitative estimate of drug-likeness (QED) is 0.894. The third-order valence-corrected chi connectivity index (χ3v) is 7.50. The first kappa shape index (κ1) is 15.4. The first-order valence-corrected chi connectivity index (χ1v) is 9.42. The second-order valence-corrected chi connectivity index (χ2v) is 9.42. The molecule has 0 saturated carbocycles. The van der Waals surface area contributed by atoms with Crippen LogP contribution in [0.15, 0.2) is 14.7 Å². The molecule has 2 N–H and O–H groups in total. The lowest BCUT2D eigenvalue weighted by Crippen LogP contribution is -2.51. The minimum absolute atomic E-state index is 0.0189. The Hall–Kier alpha value is 0.0500. The number of hydrogen-bond donors (Lipinski definition) is 1. The van der Waals surface area contributed by atoms with E-state index in [9.17, 15) is 8.42 Å². The molecule has 19 heavy (non-hydrogen) atoms. The molecule has 0 amide bonds. The zero-order chi connectivity index (χ0) is 14.2. The van der Waals surface area contributed by atoms with Crippen LogP contribution in [0.25, 0.3) is 0 Å². The van der Waals surface area contributed by atoms with Gasteiger partial charge in [-0.3, -0.25) is 0 Å². The first-order chi connectivity index (χ1) is 8.87. The van der Waals surface area contributed by atoms with Gasteiger partial charge in [-0.25, -0.2) is 8.42 Å². The molecule has 1 aliphatic rings. The summed E-state index contributed by atoms with van der Waals surface area (Å²) in [5, 5.41) is 0. The highest BCUT2D eigenvalue weighted by atomic mass is 79.9. The molecular weight excluding hydrogens is 348 g/mol. The zero-order valence-electron chi connectivity index (χ0n) is 11.1. The fraction of sp³-hybridized carbons (Fsp3) is 0.667. The molecule has 4 nitrogen and oxygen atoms in total. The molecule has 1 saturated heterocycles. The van der Waals surface area contributed by atoms with E-state index in [1.54, 1.807) is 10.4 Å². The summed E-state index contributed by atoms with van der Waals surface area (Å²) in [7, 11) is -3.45. The maximum absolute atomic E-state index is 12.9. The summed E-state index contributed by atoms with van der Waals surface area (Å²) in [6.45, 7) is 4.19.